The molecule has 2 aromatic rings. The van der Waals surface area contributed by atoms with Gasteiger partial charge in [-0.3, -0.25) is 4.79 Å². The monoisotopic (exact) mass is 364 g/mol. The van der Waals surface area contributed by atoms with Crippen LogP contribution < -0.4 is 14.2 Å². The second-order valence-corrected chi connectivity index (χ2v) is 6.57. The van der Waals surface area contributed by atoms with E-state index >= 15 is 0 Å². The quantitative estimate of drug-likeness (QED) is 0.834. The smallest absolute Gasteiger partial charge is 0.261 e. The highest BCUT2D eigenvalue weighted by molar-refractivity contribution is 5.78. The van der Waals surface area contributed by atoms with E-state index in [1.54, 1.807) is 24.3 Å². The fourth-order valence-electron chi connectivity index (χ4n) is 3.53. The molecule has 1 atom stereocenters. The van der Waals surface area contributed by atoms with Gasteiger partial charge in [-0.25, -0.2) is 0 Å². The van der Waals surface area contributed by atoms with Crippen molar-refractivity contribution in [3.63, 3.8) is 0 Å². The van der Waals surface area contributed by atoms with Gasteiger partial charge in [-0.1, -0.05) is 6.07 Å². The first kappa shape index (κ1) is 17.2. The number of hydrogen-bond donors (Lipinski definition) is 0. The van der Waals surface area contributed by atoms with Gasteiger partial charge in [0.15, 0.2) is 18.1 Å². The predicted octanol–water partition coefficient (Wildman–Crippen LogP) is 3.07. The Bertz CT molecular complexity index is 873. The maximum atomic E-state index is 12.7. The lowest BCUT2D eigenvalue weighted by Crippen LogP contribution is -2.34. The van der Waals surface area contributed by atoms with Crippen molar-refractivity contribution in [3.8, 4) is 23.3 Å². The summed E-state index contributed by atoms with van der Waals surface area (Å²) in [6, 6.07) is 14.7. The van der Waals surface area contributed by atoms with Crippen LogP contribution in [0.5, 0.6) is 17.2 Å². The highest BCUT2D eigenvalue weighted by atomic mass is 16.6. The van der Waals surface area contributed by atoms with Gasteiger partial charge < -0.3 is 19.1 Å². The van der Waals surface area contributed by atoms with Crippen molar-refractivity contribution in [2.24, 2.45) is 0 Å². The van der Waals surface area contributed by atoms with E-state index in [9.17, 15) is 4.79 Å². The van der Waals surface area contributed by atoms with Gasteiger partial charge in [0.25, 0.3) is 5.91 Å². The van der Waals surface area contributed by atoms with Gasteiger partial charge in [0.05, 0.1) is 17.7 Å². The number of rotatable bonds is 4. The molecule has 2 heterocycles. The summed E-state index contributed by atoms with van der Waals surface area (Å²) >= 11 is 0. The van der Waals surface area contributed by atoms with Crippen LogP contribution in [0.15, 0.2) is 42.5 Å². The maximum Gasteiger partial charge on any atom is 0.261 e. The third kappa shape index (κ3) is 3.68. The molecule has 0 aliphatic carbocycles. The minimum Gasteiger partial charge on any atom is -0.486 e. The van der Waals surface area contributed by atoms with Gasteiger partial charge >= 0.3 is 0 Å². The second kappa shape index (κ2) is 7.58. The molecule has 27 heavy (non-hydrogen) atoms. The third-order valence-electron chi connectivity index (χ3n) is 4.87. The zero-order valence-electron chi connectivity index (χ0n) is 14.9. The lowest BCUT2D eigenvalue weighted by Gasteiger charge is -2.26. The zero-order valence-corrected chi connectivity index (χ0v) is 14.9. The molecule has 0 aromatic heterocycles. The normalized spacial score (nSPS) is 18.0. The molecular weight excluding hydrogens is 344 g/mol. The van der Waals surface area contributed by atoms with Crippen molar-refractivity contribution in [1.29, 1.82) is 5.26 Å². The molecule has 0 unspecified atom stereocenters. The summed E-state index contributed by atoms with van der Waals surface area (Å²) in [7, 11) is 0. The number of likely N-dealkylation sites (tertiary alicyclic amines) is 1. The van der Waals surface area contributed by atoms with Gasteiger partial charge in [-0.05, 0) is 54.8 Å². The van der Waals surface area contributed by atoms with Crippen LogP contribution in [0, 0.1) is 11.3 Å². The number of nitriles is 1. The summed E-state index contributed by atoms with van der Waals surface area (Å²) in [5.74, 6) is 2.03. The average Bonchev–Trinajstić information content (AvgIpc) is 3.22. The van der Waals surface area contributed by atoms with E-state index in [4.69, 9.17) is 19.5 Å². The van der Waals surface area contributed by atoms with Crippen LogP contribution in [0.2, 0.25) is 0 Å². The van der Waals surface area contributed by atoms with Crippen molar-refractivity contribution < 1.29 is 19.0 Å². The largest absolute Gasteiger partial charge is 0.486 e. The van der Waals surface area contributed by atoms with E-state index in [1.807, 2.05) is 23.1 Å². The van der Waals surface area contributed by atoms with Gasteiger partial charge in [0.1, 0.15) is 19.0 Å². The zero-order chi connectivity index (χ0) is 18.6. The lowest BCUT2D eigenvalue weighted by molar-refractivity contribution is -0.134. The maximum absolute atomic E-state index is 12.7. The Labute approximate surface area is 157 Å². The Morgan fingerprint density at radius 3 is 2.70 bits per heavy atom. The van der Waals surface area contributed by atoms with Crippen molar-refractivity contribution >= 4 is 5.91 Å². The topological polar surface area (TPSA) is 71.8 Å². The molecule has 0 spiro atoms. The summed E-state index contributed by atoms with van der Waals surface area (Å²) in [6.45, 7) is 1.80. The molecule has 0 saturated carbocycles. The van der Waals surface area contributed by atoms with E-state index in [0.29, 0.717) is 31.1 Å². The average molecular weight is 364 g/mol. The van der Waals surface area contributed by atoms with Gasteiger partial charge in [-0.15, -0.1) is 0 Å². The number of carbonyl (C=O) groups excluding carboxylic acids is 1. The first-order chi connectivity index (χ1) is 13.2. The predicted molar refractivity (Wildman–Crippen MR) is 97.8 cm³/mol. The fraction of sp³-hybridized carbons (Fsp3) is 0.333. The van der Waals surface area contributed by atoms with E-state index in [-0.39, 0.29) is 18.6 Å². The Hall–Kier alpha value is -3.20. The number of carbonyl (C=O) groups is 1. The molecule has 2 aromatic carbocycles. The van der Waals surface area contributed by atoms with Crippen LogP contribution in [0.3, 0.4) is 0 Å². The van der Waals surface area contributed by atoms with Crippen molar-refractivity contribution in [3.05, 3.63) is 53.6 Å². The Morgan fingerprint density at radius 1 is 1.15 bits per heavy atom. The van der Waals surface area contributed by atoms with Crippen LogP contribution >= 0.6 is 0 Å². The Morgan fingerprint density at radius 2 is 1.93 bits per heavy atom. The summed E-state index contributed by atoms with van der Waals surface area (Å²) in [6.07, 6.45) is 1.88. The van der Waals surface area contributed by atoms with Crippen LogP contribution in [-0.4, -0.2) is 37.2 Å². The Kier molecular flexibility index (Phi) is 4.84. The van der Waals surface area contributed by atoms with E-state index in [1.165, 1.54) is 0 Å². The van der Waals surface area contributed by atoms with E-state index in [2.05, 4.69) is 6.07 Å². The number of hydrogen-bond acceptors (Lipinski definition) is 5. The summed E-state index contributed by atoms with van der Waals surface area (Å²) in [5, 5.41) is 8.83. The molecule has 138 valence electrons. The third-order valence-corrected chi connectivity index (χ3v) is 4.87. The van der Waals surface area contributed by atoms with Crippen molar-refractivity contribution in [1.82, 2.24) is 4.90 Å². The molecule has 1 fully saturated rings. The van der Waals surface area contributed by atoms with Crippen LogP contribution in [0.4, 0.5) is 0 Å². The summed E-state index contributed by atoms with van der Waals surface area (Å²) in [4.78, 5) is 14.6. The molecule has 6 heteroatoms. The Balaban J connectivity index is 1.43. The molecule has 1 amide bonds. The fourth-order valence-corrected chi connectivity index (χ4v) is 3.53. The number of nitrogens with zero attached hydrogens (tertiary/aromatic N) is 2. The molecule has 0 bridgehead atoms. The first-order valence-electron chi connectivity index (χ1n) is 9.06. The molecule has 1 saturated heterocycles. The van der Waals surface area contributed by atoms with Crippen LogP contribution in [0.25, 0.3) is 0 Å². The summed E-state index contributed by atoms with van der Waals surface area (Å²) in [5.41, 5.74) is 1.62. The summed E-state index contributed by atoms with van der Waals surface area (Å²) < 4.78 is 16.9. The molecular formula is C21H20N2O4. The SMILES string of the molecule is N#Cc1ccc(OCC(=O)N2CCC[C@@H]2c2ccc3c(c2)OCCO3)cc1. The van der Waals surface area contributed by atoms with E-state index < -0.39 is 0 Å². The standard InChI is InChI=1S/C21H20N2O4/c22-13-15-3-6-17(7-4-15)27-14-21(24)23-9-1-2-18(23)16-5-8-19-20(12-16)26-11-10-25-19/h3-8,12,18H,1-2,9-11,14H2/t18-/m1/s1. The minimum atomic E-state index is -0.0447. The molecule has 0 radical (unpaired) electrons. The molecule has 4 rings (SSSR count). The number of fused-ring (bicyclic) bond motifs is 1. The minimum absolute atomic E-state index is 0.0209. The van der Waals surface area contributed by atoms with Crippen LogP contribution in [-0.2, 0) is 4.79 Å². The van der Waals surface area contributed by atoms with E-state index in [0.717, 1.165) is 29.9 Å². The number of benzene rings is 2. The number of amides is 1. The van der Waals surface area contributed by atoms with Crippen LogP contribution in [0.1, 0.15) is 30.0 Å². The van der Waals surface area contributed by atoms with Crippen molar-refractivity contribution in [2.45, 2.75) is 18.9 Å². The molecule has 2 aliphatic rings. The van der Waals surface area contributed by atoms with Crippen molar-refractivity contribution in [2.75, 3.05) is 26.4 Å². The first-order valence-corrected chi connectivity index (χ1v) is 9.06. The van der Waals surface area contributed by atoms with Gasteiger partial charge in [0, 0.05) is 6.54 Å². The molecule has 2 aliphatic heterocycles. The number of ether oxygens (including phenoxy) is 3. The van der Waals surface area contributed by atoms with Gasteiger partial charge in [0.2, 0.25) is 0 Å². The second-order valence-electron chi connectivity index (χ2n) is 6.57. The van der Waals surface area contributed by atoms with Gasteiger partial charge in [-0.2, -0.15) is 5.26 Å². The highest BCUT2D eigenvalue weighted by Crippen LogP contribution is 2.38. The molecule has 0 N–H and O–H groups in total. The molecule has 6 nitrogen and oxygen atoms in total. The highest BCUT2D eigenvalue weighted by Gasteiger charge is 2.31. The lowest BCUT2D eigenvalue weighted by atomic mass is 10.0.